The Balaban J connectivity index is 0.00000169. The predicted molar refractivity (Wildman–Crippen MR) is 42.6 cm³/mol. The van der Waals surface area contributed by atoms with E-state index in [0.29, 0.717) is 0 Å². The van der Waals surface area contributed by atoms with E-state index in [-0.39, 0.29) is 18.9 Å². The first-order chi connectivity index (χ1) is 5.97. The van der Waals surface area contributed by atoms with Crippen LogP contribution in [0.4, 0.5) is 0 Å². The third kappa shape index (κ3) is 4.93. The Hall–Kier alpha value is -0.953. The Labute approximate surface area is 90.6 Å². The third-order valence-corrected chi connectivity index (χ3v) is 1.28. The Morgan fingerprint density at radius 3 is 2.64 bits per heavy atom. The van der Waals surface area contributed by atoms with Crippen LogP contribution in [-0.2, 0) is 25.9 Å². The number of carbonyl (C=O) groups is 1. The Morgan fingerprint density at radius 1 is 1.57 bits per heavy atom. The molecule has 1 aromatic rings. The molecule has 0 aliphatic heterocycles. The van der Waals surface area contributed by atoms with Crippen LogP contribution >= 0.6 is 0 Å². The summed E-state index contributed by atoms with van der Waals surface area (Å²) in [6, 6.07) is 0. The van der Waals surface area contributed by atoms with Crippen LogP contribution in [0.3, 0.4) is 0 Å². The number of hydrogen-bond donors (Lipinski definition) is 1. The molecule has 1 rings (SSSR count). The van der Waals surface area contributed by atoms with Gasteiger partial charge in [-0.25, -0.2) is 9.48 Å². The zero-order valence-electron chi connectivity index (χ0n) is 6.06. The molecule has 74 valence electrons. The zero-order chi connectivity index (χ0) is 9.90. The molecule has 0 aliphatic carbocycles. The quantitative estimate of drug-likeness (QED) is 0.429. The number of nitrogens with zero attached hydrogens (tertiary/aromatic N) is 4. The van der Waals surface area contributed by atoms with Crippen molar-refractivity contribution in [3.05, 3.63) is 6.33 Å². The molecular formula is C3H5LiN4O5S. The number of aromatic nitrogens is 4. The van der Waals surface area contributed by atoms with Crippen molar-refractivity contribution in [1.82, 2.24) is 20.2 Å². The molecule has 0 amide bonds. The van der Waals surface area contributed by atoms with Crippen LogP contribution in [0.5, 0.6) is 0 Å². The first-order valence-corrected chi connectivity index (χ1v) is 4.24. The van der Waals surface area contributed by atoms with Crippen molar-refractivity contribution in [1.29, 1.82) is 0 Å². The molecule has 0 radical (unpaired) electrons. The molecule has 14 heavy (non-hydrogen) atoms. The molecule has 1 N–H and O–H groups in total. The van der Waals surface area contributed by atoms with Gasteiger partial charge in [0.15, 0.2) is 0 Å². The van der Waals surface area contributed by atoms with Crippen LogP contribution in [0.25, 0.3) is 0 Å². The predicted octanol–water partition coefficient (Wildman–Crippen LogP) is -2.63. The summed E-state index contributed by atoms with van der Waals surface area (Å²) in [6.45, 7) is -0.493. The normalized spacial score (nSPS) is 10.4. The molecule has 0 aliphatic rings. The average molecular weight is 216 g/mol. The van der Waals surface area contributed by atoms with Gasteiger partial charge in [-0.2, -0.15) is 8.42 Å². The molecule has 0 saturated heterocycles. The molecule has 1 aromatic heterocycles. The fraction of sp³-hybridized carbons (Fsp3) is 0.333. The third-order valence-electron chi connectivity index (χ3n) is 0.881. The van der Waals surface area contributed by atoms with Crippen molar-refractivity contribution in [2.75, 3.05) is 0 Å². The number of tetrazole rings is 1. The van der Waals surface area contributed by atoms with E-state index >= 15 is 0 Å². The summed E-state index contributed by atoms with van der Waals surface area (Å²) in [4.78, 5) is 10.6. The molecule has 0 bridgehead atoms. The second-order valence-electron chi connectivity index (χ2n) is 1.89. The van der Waals surface area contributed by atoms with Crippen LogP contribution in [0.15, 0.2) is 6.33 Å². The van der Waals surface area contributed by atoms with Crippen LogP contribution in [-0.4, -0.2) is 58.0 Å². The van der Waals surface area contributed by atoms with E-state index in [9.17, 15) is 13.2 Å². The SMILES string of the molecule is O=C(Cn1cnnn1)OS(=O)(=O)O.[LiH]. The van der Waals surface area contributed by atoms with E-state index < -0.39 is 22.9 Å². The number of carbonyl (C=O) groups excluding carboxylic acids is 1. The van der Waals surface area contributed by atoms with Gasteiger partial charge in [-0.15, -0.1) is 5.10 Å². The average Bonchev–Trinajstić information content (AvgIpc) is 2.34. The molecule has 0 unspecified atom stereocenters. The first kappa shape index (κ1) is 13.0. The molecule has 0 atom stereocenters. The molecule has 0 fully saturated rings. The topological polar surface area (TPSA) is 124 Å². The maximum absolute atomic E-state index is 10.6. The van der Waals surface area contributed by atoms with E-state index in [1.165, 1.54) is 0 Å². The van der Waals surface area contributed by atoms with E-state index in [0.717, 1.165) is 11.0 Å². The van der Waals surface area contributed by atoms with Crippen LogP contribution < -0.4 is 0 Å². The second kappa shape index (κ2) is 5.06. The van der Waals surface area contributed by atoms with Crippen LogP contribution in [0.2, 0.25) is 0 Å². The minimum absolute atomic E-state index is 0. The van der Waals surface area contributed by atoms with Gasteiger partial charge < -0.3 is 4.18 Å². The van der Waals surface area contributed by atoms with Crippen molar-refractivity contribution in [3.63, 3.8) is 0 Å². The summed E-state index contributed by atoms with van der Waals surface area (Å²) >= 11 is 0. The molecule has 9 nitrogen and oxygen atoms in total. The molecule has 0 aromatic carbocycles. The van der Waals surface area contributed by atoms with Gasteiger partial charge in [-0.3, -0.25) is 4.55 Å². The monoisotopic (exact) mass is 216 g/mol. The summed E-state index contributed by atoms with van der Waals surface area (Å²) in [5.74, 6) is -1.19. The fourth-order valence-electron chi connectivity index (χ4n) is 0.529. The zero-order valence-corrected chi connectivity index (χ0v) is 6.88. The van der Waals surface area contributed by atoms with Crippen LogP contribution in [0, 0.1) is 0 Å². The van der Waals surface area contributed by atoms with Gasteiger partial charge in [0, 0.05) is 0 Å². The first-order valence-electron chi connectivity index (χ1n) is 2.88. The second-order valence-corrected chi connectivity index (χ2v) is 2.91. The number of hydrogen-bond acceptors (Lipinski definition) is 7. The summed E-state index contributed by atoms with van der Waals surface area (Å²) in [5, 5.41) is 9.63. The van der Waals surface area contributed by atoms with Gasteiger partial charge >= 0.3 is 35.2 Å². The van der Waals surface area contributed by atoms with E-state index in [2.05, 4.69) is 19.7 Å². The molecule has 11 heteroatoms. The van der Waals surface area contributed by atoms with Gasteiger partial charge in [-0.1, -0.05) is 0 Å². The van der Waals surface area contributed by atoms with Crippen molar-refractivity contribution in [2.45, 2.75) is 6.54 Å². The van der Waals surface area contributed by atoms with Gasteiger partial charge in [0.05, 0.1) is 0 Å². The van der Waals surface area contributed by atoms with Gasteiger partial charge in [0.1, 0.15) is 12.9 Å². The standard InChI is InChI=1S/C3H4N4O5S.Li.H/c8-3(12-13(9,10)11)1-7-2-4-5-6-7;;/h2H,1H2,(H,9,10,11);;. The van der Waals surface area contributed by atoms with Gasteiger partial charge in [0.25, 0.3) is 0 Å². The molecule has 0 spiro atoms. The summed E-state index contributed by atoms with van der Waals surface area (Å²) in [6.07, 6.45) is 1.09. The van der Waals surface area contributed by atoms with Gasteiger partial charge in [0.2, 0.25) is 0 Å². The summed E-state index contributed by atoms with van der Waals surface area (Å²) in [5.41, 5.74) is 0. The Bertz CT molecular complexity index is 387. The van der Waals surface area contributed by atoms with E-state index in [1.807, 2.05) is 0 Å². The van der Waals surface area contributed by atoms with Crippen molar-refractivity contribution >= 4 is 35.2 Å². The fourth-order valence-corrected chi connectivity index (χ4v) is 0.816. The van der Waals surface area contributed by atoms with Crippen molar-refractivity contribution in [2.24, 2.45) is 0 Å². The summed E-state index contributed by atoms with van der Waals surface area (Å²) < 4.78 is 32.6. The molecular weight excluding hydrogens is 211 g/mol. The van der Waals surface area contributed by atoms with E-state index in [4.69, 9.17) is 4.55 Å². The number of rotatable bonds is 3. The molecule has 0 saturated carbocycles. The summed E-state index contributed by atoms with van der Waals surface area (Å²) in [7, 11) is -4.76. The van der Waals surface area contributed by atoms with Crippen molar-refractivity contribution in [3.8, 4) is 0 Å². The molecule has 1 heterocycles. The van der Waals surface area contributed by atoms with Crippen molar-refractivity contribution < 1.29 is 21.9 Å². The van der Waals surface area contributed by atoms with Crippen LogP contribution in [0.1, 0.15) is 0 Å². The van der Waals surface area contributed by atoms with E-state index in [1.54, 1.807) is 0 Å². The Morgan fingerprint density at radius 2 is 2.21 bits per heavy atom. The maximum atomic E-state index is 10.6. The minimum atomic E-state index is -4.76. The Kier molecular flexibility index (Phi) is 4.72. The van der Waals surface area contributed by atoms with Gasteiger partial charge in [-0.05, 0) is 10.4 Å².